The van der Waals surface area contributed by atoms with Crippen molar-refractivity contribution in [2.24, 2.45) is 0 Å². The fourth-order valence-electron chi connectivity index (χ4n) is 2.29. The summed E-state index contributed by atoms with van der Waals surface area (Å²) in [5.41, 5.74) is 0.587. The van der Waals surface area contributed by atoms with Gasteiger partial charge >= 0.3 is 12.1 Å². The molecule has 7 heteroatoms. The topological polar surface area (TPSA) is 21.3 Å². The van der Waals surface area contributed by atoms with Gasteiger partial charge in [0.05, 0.1) is 6.61 Å². The van der Waals surface area contributed by atoms with Crippen LogP contribution < -0.4 is 10.1 Å². The Hall–Kier alpha value is -1.37. The third kappa shape index (κ3) is 3.12. The average Bonchev–Trinajstić information content (AvgIpc) is 2.85. The number of hydrogen-bond acceptors (Lipinski definition) is 2. The van der Waals surface area contributed by atoms with E-state index in [4.69, 9.17) is 4.74 Å². The van der Waals surface area contributed by atoms with Gasteiger partial charge in [-0.1, -0.05) is 19.1 Å². The Labute approximate surface area is 119 Å². The summed E-state index contributed by atoms with van der Waals surface area (Å²) in [6.45, 7) is 2.19. The highest BCUT2D eigenvalue weighted by molar-refractivity contribution is 5.41. The fraction of sp³-hybridized carbons (Fsp3) is 0.571. The smallest absolute Gasteiger partial charge is 0.455 e. The normalized spacial score (nSPS) is 16.5. The van der Waals surface area contributed by atoms with Crippen LogP contribution >= 0.6 is 0 Å². The van der Waals surface area contributed by atoms with Crippen molar-refractivity contribution in [2.75, 3.05) is 13.2 Å². The molecule has 21 heavy (non-hydrogen) atoms. The lowest BCUT2D eigenvalue weighted by atomic mass is 9.97. The summed E-state index contributed by atoms with van der Waals surface area (Å²) in [7, 11) is 0. The van der Waals surface area contributed by atoms with E-state index in [2.05, 4.69) is 5.32 Å². The van der Waals surface area contributed by atoms with Crippen LogP contribution in [0.2, 0.25) is 0 Å². The van der Waals surface area contributed by atoms with Crippen LogP contribution in [-0.2, 0) is 6.42 Å². The standard InChI is InChI=1S/C14H16F5NO/c1-2-6-20-12(13(15,16)14(17,18)19)10-3-4-11-9(8-10)5-7-21-11/h3-4,8,12,20H,2,5-7H2,1H3. The minimum absolute atomic E-state index is 0.0733. The van der Waals surface area contributed by atoms with Crippen molar-refractivity contribution in [1.29, 1.82) is 0 Å². The Kier molecular flexibility index (Phi) is 4.41. The van der Waals surface area contributed by atoms with E-state index in [1.807, 2.05) is 0 Å². The molecule has 2 rings (SSSR count). The molecule has 1 aromatic rings. The molecule has 0 aromatic heterocycles. The molecule has 0 bridgehead atoms. The van der Waals surface area contributed by atoms with Crippen LogP contribution in [0.3, 0.4) is 0 Å². The molecule has 1 N–H and O–H groups in total. The summed E-state index contributed by atoms with van der Waals surface area (Å²) in [5.74, 6) is -4.29. The second-order valence-corrected chi connectivity index (χ2v) is 4.97. The third-order valence-corrected chi connectivity index (χ3v) is 3.39. The van der Waals surface area contributed by atoms with Crippen LogP contribution in [0.15, 0.2) is 18.2 Å². The van der Waals surface area contributed by atoms with Crippen molar-refractivity contribution in [1.82, 2.24) is 5.32 Å². The van der Waals surface area contributed by atoms with Gasteiger partial charge in [0.25, 0.3) is 0 Å². The van der Waals surface area contributed by atoms with Gasteiger partial charge in [0, 0.05) is 6.42 Å². The molecule has 1 aliphatic heterocycles. The molecular formula is C14H16F5NO. The van der Waals surface area contributed by atoms with Gasteiger partial charge in [0.15, 0.2) is 0 Å². The van der Waals surface area contributed by atoms with Gasteiger partial charge < -0.3 is 10.1 Å². The molecule has 0 radical (unpaired) electrons. The van der Waals surface area contributed by atoms with E-state index < -0.39 is 18.1 Å². The lowest BCUT2D eigenvalue weighted by Crippen LogP contribution is -2.48. The number of fused-ring (bicyclic) bond motifs is 1. The maximum atomic E-state index is 13.7. The van der Waals surface area contributed by atoms with Crippen LogP contribution in [0.1, 0.15) is 30.5 Å². The monoisotopic (exact) mass is 309 g/mol. The first-order valence-electron chi connectivity index (χ1n) is 6.71. The average molecular weight is 309 g/mol. The Morgan fingerprint density at radius 1 is 1.24 bits per heavy atom. The summed E-state index contributed by atoms with van der Waals surface area (Å²) in [5, 5.41) is 2.31. The first kappa shape index (κ1) is 16.0. The molecule has 0 saturated carbocycles. The Balaban J connectivity index is 2.36. The number of hydrogen-bond donors (Lipinski definition) is 1. The molecule has 1 aromatic carbocycles. The van der Waals surface area contributed by atoms with Crippen molar-refractivity contribution in [3.8, 4) is 5.75 Å². The summed E-state index contributed by atoms with van der Waals surface area (Å²) in [6, 6.07) is 1.99. The molecule has 0 aliphatic carbocycles. The quantitative estimate of drug-likeness (QED) is 0.834. The molecule has 0 amide bonds. The van der Waals surface area contributed by atoms with Crippen LogP contribution in [0.5, 0.6) is 5.75 Å². The summed E-state index contributed by atoms with van der Waals surface area (Å²) in [6.07, 6.45) is -4.63. The van der Waals surface area contributed by atoms with Gasteiger partial charge in [0.2, 0.25) is 0 Å². The molecule has 1 unspecified atom stereocenters. The third-order valence-electron chi connectivity index (χ3n) is 3.39. The molecular weight excluding hydrogens is 293 g/mol. The van der Waals surface area contributed by atoms with Gasteiger partial charge in [0.1, 0.15) is 11.8 Å². The van der Waals surface area contributed by atoms with E-state index >= 15 is 0 Å². The number of alkyl halides is 5. The predicted molar refractivity (Wildman–Crippen MR) is 67.7 cm³/mol. The molecule has 118 valence electrons. The van der Waals surface area contributed by atoms with Crippen LogP contribution in [0, 0.1) is 0 Å². The first-order valence-corrected chi connectivity index (χ1v) is 6.71. The largest absolute Gasteiger partial charge is 0.493 e. The number of nitrogens with one attached hydrogen (secondary N) is 1. The molecule has 0 saturated heterocycles. The van der Waals surface area contributed by atoms with Crippen molar-refractivity contribution in [2.45, 2.75) is 37.9 Å². The minimum Gasteiger partial charge on any atom is -0.493 e. The SMILES string of the molecule is CCCNC(c1ccc2c(c1)CCO2)C(F)(F)C(F)(F)F. The zero-order valence-electron chi connectivity index (χ0n) is 11.4. The molecule has 1 heterocycles. The lowest BCUT2D eigenvalue weighted by Gasteiger charge is -2.30. The van der Waals surface area contributed by atoms with Crippen LogP contribution in [0.25, 0.3) is 0 Å². The van der Waals surface area contributed by atoms with E-state index in [-0.39, 0.29) is 12.1 Å². The summed E-state index contributed by atoms with van der Waals surface area (Å²) in [4.78, 5) is 0. The van der Waals surface area contributed by atoms with Gasteiger partial charge in [-0.3, -0.25) is 0 Å². The van der Waals surface area contributed by atoms with Crippen molar-refractivity contribution in [3.05, 3.63) is 29.3 Å². The van der Waals surface area contributed by atoms with Gasteiger partial charge in [-0.15, -0.1) is 0 Å². The van der Waals surface area contributed by atoms with Crippen molar-refractivity contribution >= 4 is 0 Å². The minimum atomic E-state index is -5.60. The van der Waals surface area contributed by atoms with E-state index in [0.717, 1.165) is 0 Å². The van der Waals surface area contributed by atoms with Crippen LogP contribution in [-0.4, -0.2) is 25.3 Å². The highest BCUT2D eigenvalue weighted by Gasteiger charge is 2.62. The molecule has 2 nitrogen and oxygen atoms in total. The van der Waals surface area contributed by atoms with Gasteiger partial charge in [-0.2, -0.15) is 22.0 Å². The van der Waals surface area contributed by atoms with Crippen molar-refractivity contribution < 1.29 is 26.7 Å². The number of halogens is 5. The van der Waals surface area contributed by atoms with Crippen LogP contribution in [0.4, 0.5) is 22.0 Å². The summed E-state index contributed by atoms with van der Waals surface area (Å²) < 4.78 is 70.7. The van der Waals surface area contributed by atoms with E-state index in [1.165, 1.54) is 18.2 Å². The van der Waals surface area contributed by atoms with Crippen molar-refractivity contribution in [3.63, 3.8) is 0 Å². The van der Waals surface area contributed by atoms with E-state index in [1.54, 1.807) is 6.92 Å². The van der Waals surface area contributed by atoms with E-state index in [9.17, 15) is 22.0 Å². The zero-order valence-corrected chi connectivity index (χ0v) is 11.4. The first-order chi connectivity index (χ1) is 9.77. The second-order valence-electron chi connectivity index (χ2n) is 4.97. The number of ether oxygens (including phenoxy) is 1. The van der Waals surface area contributed by atoms with Gasteiger partial charge in [-0.05, 0) is 30.2 Å². The van der Waals surface area contributed by atoms with Gasteiger partial charge in [-0.25, -0.2) is 0 Å². The highest BCUT2D eigenvalue weighted by atomic mass is 19.4. The Bertz CT molecular complexity index is 501. The molecule has 1 atom stereocenters. The molecule has 0 fully saturated rings. The predicted octanol–water partition coefficient (Wildman–Crippen LogP) is 3.86. The zero-order chi connectivity index (χ0) is 15.7. The highest BCUT2D eigenvalue weighted by Crippen LogP contribution is 2.45. The Morgan fingerprint density at radius 3 is 2.57 bits per heavy atom. The maximum Gasteiger partial charge on any atom is 0.455 e. The fourth-order valence-corrected chi connectivity index (χ4v) is 2.29. The maximum absolute atomic E-state index is 13.7. The van der Waals surface area contributed by atoms with E-state index in [0.29, 0.717) is 30.8 Å². The summed E-state index contributed by atoms with van der Waals surface area (Å²) >= 11 is 0. The second kappa shape index (κ2) is 5.79. The lowest BCUT2D eigenvalue weighted by molar-refractivity contribution is -0.294. The number of benzene rings is 1. The number of rotatable bonds is 5. The molecule has 1 aliphatic rings. The molecule has 0 spiro atoms. The Morgan fingerprint density at radius 2 is 1.95 bits per heavy atom.